The van der Waals surface area contributed by atoms with E-state index in [0.29, 0.717) is 11.2 Å². The van der Waals surface area contributed by atoms with E-state index in [1.165, 1.54) is 6.33 Å². The summed E-state index contributed by atoms with van der Waals surface area (Å²) in [6, 6.07) is 1.73. The second-order valence-electron chi connectivity index (χ2n) is 1.70. The molecule has 0 aliphatic carbocycles. The first-order chi connectivity index (χ1) is 4.97. The Bertz CT molecular complexity index is 281. The number of rotatable bonds is 0. The Labute approximate surface area is 56.1 Å². The summed E-state index contributed by atoms with van der Waals surface area (Å²) in [4.78, 5) is 3.91. The molecule has 0 N–H and O–H groups in total. The van der Waals surface area contributed by atoms with E-state index in [9.17, 15) is 0 Å². The minimum Gasteiger partial charge on any atom is -0.231 e. The molecule has 0 fully saturated rings. The van der Waals surface area contributed by atoms with Gasteiger partial charge in [-0.25, -0.2) is 4.98 Å². The fourth-order valence-corrected chi connectivity index (χ4v) is 0.658. The van der Waals surface area contributed by atoms with Crippen LogP contribution in [-0.2, 0) is 0 Å². The Kier molecular flexibility index (Phi) is 1.00. The minimum absolute atomic E-state index is 0.477. The van der Waals surface area contributed by atoms with Gasteiger partial charge in [-0.2, -0.15) is 5.10 Å². The Morgan fingerprint density at radius 3 is 2.90 bits per heavy atom. The Hall–Kier alpha value is -1.65. The maximum absolute atomic E-state index is 3.91. The second kappa shape index (κ2) is 1.94. The number of aromatic nitrogens is 5. The summed E-state index contributed by atoms with van der Waals surface area (Å²) in [6.07, 6.45) is 2.95. The average Bonchev–Trinajstić information content (AvgIpc) is 2.05. The first kappa shape index (κ1) is 5.16. The molecule has 5 heteroatoms. The predicted molar refractivity (Wildman–Crippen MR) is 32.9 cm³/mol. The normalized spacial score (nSPS) is 10.0. The van der Waals surface area contributed by atoms with Crippen LogP contribution in [0, 0.1) is 0 Å². The second-order valence-corrected chi connectivity index (χ2v) is 1.70. The molecule has 0 aliphatic rings. The van der Waals surface area contributed by atoms with Crippen molar-refractivity contribution in [3.63, 3.8) is 0 Å². The van der Waals surface area contributed by atoms with Crippen LogP contribution in [0.25, 0.3) is 11.2 Å². The van der Waals surface area contributed by atoms with Crippen LogP contribution in [0.1, 0.15) is 0 Å². The maximum atomic E-state index is 3.91. The molecule has 0 amide bonds. The van der Waals surface area contributed by atoms with Crippen molar-refractivity contribution in [1.29, 1.82) is 0 Å². The molecule has 0 atom stereocenters. The van der Waals surface area contributed by atoms with E-state index in [4.69, 9.17) is 0 Å². The molecule has 2 heterocycles. The van der Waals surface area contributed by atoms with Crippen LogP contribution >= 0.6 is 0 Å². The van der Waals surface area contributed by atoms with Gasteiger partial charge in [0.1, 0.15) is 11.8 Å². The third-order valence-corrected chi connectivity index (χ3v) is 1.08. The van der Waals surface area contributed by atoms with Crippen molar-refractivity contribution in [2.45, 2.75) is 0 Å². The van der Waals surface area contributed by atoms with E-state index in [1.54, 1.807) is 12.3 Å². The van der Waals surface area contributed by atoms with Gasteiger partial charge >= 0.3 is 0 Å². The van der Waals surface area contributed by atoms with Crippen LogP contribution in [0.5, 0.6) is 0 Å². The van der Waals surface area contributed by atoms with Crippen LogP contribution < -0.4 is 0 Å². The summed E-state index contributed by atoms with van der Waals surface area (Å²) in [5, 5.41) is 14.6. The molecule has 0 radical (unpaired) electrons. The van der Waals surface area contributed by atoms with E-state index >= 15 is 0 Å². The molecule has 2 aromatic heterocycles. The molecule has 2 aromatic rings. The smallest absolute Gasteiger partial charge is 0.221 e. The molecule has 0 aromatic carbocycles. The summed E-state index contributed by atoms with van der Waals surface area (Å²) in [7, 11) is 0. The third-order valence-electron chi connectivity index (χ3n) is 1.08. The van der Waals surface area contributed by atoms with Crippen molar-refractivity contribution in [3.8, 4) is 0 Å². The molecule has 0 unspecified atom stereocenters. The van der Waals surface area contributed by atoms with Gasteiger partial charge in [0, 0.05) is 0 Å². The molecule has 10 heavy (non-hydrogen) atoms. The lowest BCUT2D eigenvalue weighted by atomic mass is 10.5. The van der Waals surface area contributed by atoms with Crippen molar-refractivity contribution in [1.82, 2.24) is 25.4 Å². The van der Waals surface area contributed by atoms with Crippen molar-refractivity contribution in [3.05, 3.63) is 18.6 Å². The first-order valence-electron chi connectivity index (χ1n) is 2.72. The van der Waals surface area contributed by atoms with Gasteiger partial charge in [0.05, 0.1) is 6.20 Å². The average molecular weight is 133 g/mol. The zero-order valence-electron chi connectivity index (χ0n) is 4.97. The SMILES string of the molecule is c1cc2ncnnc2nn1. The predicted octanol–water partition coefficient (Wildman–Crippen LogP) is -0.185. The lowest BCUT2D eigenvalue weighted by Gasteiger charge is -1.87. The number of nitrogens with zero attached hydrogens (tertiary/aromatic N) is 5. The fraction of sp³-hybridized carbons (Fsp3) is 0. The van der Waals surface area contributed by atoms with E-state index in [2.05, 4.69) is 25.4 Å². The fourth-order valence-electron chi connectivity index (χ4n) is 0.658. The van der Waals surface area contributed by atoms with Crippen molar-refractivity contribution in [2.75, 3.05) is 0 Å². The highest BCUT2D eigenvalue weighted by atomic mass is 15.2. The monoisotopic (exact) mass is 133 g/mol. The zero-order chi connectivity index (χ0) is 6.81. The topological polar surface area (TPSA) is 64.5 Å². The molecule has 0 bridgehead atoms. The van der Waals surface area contributed by atoms with Crippen LogP contribution in [0.4, 0.5) is 0 Å². The first-order valence-corrected chi connectivity index (χ1v) is 2.72. The summed E-state index contributed by atoms with van der Waals surface area (Å²) in [6.45, 7) is 0. The van der Waals surface area contributed by atoms with Crippen LogP contribution in [0.2, 0.25) is 0 Å². The van der Waals surface area contributed by atoms with Crippen molar-refractivity contribution < 1.29 is 0 Å². The van der Waals surface area contributed by atoms with Crippen molar-refractivity contribution >= 4 is 11.2 Å². The summed E-state index contributed by atoms with van der Waals surface area (Å²) in [5.41, 5.74) is 1.19. The summed E-state index contributed by atoms with van der Waals surface area (Å²) >= 11 is 0. The van der Waals surface area contributed by atoms with Crippen molar-refractivity contribution in [2.24, 2.45) is 0 Å². The molecular weight excluding hydrogens is 130 g/mol. The van der Waals surface area contributed by atoms with Gasteiger partial charge in [-0.05, 0) is 6.07 Å². The van der Waals surface area contributed by atoms with E-state index in [0.717, 1.165) is 0 Å². The highest BCUT2D eigenvalue weighted by molar-refractivity contribution is 5.66. The van der Waals surface area contributed by atoms with Gasteiger partial charge in [0.25, 0.3) is 0 Å². The molecule has 0 aliphatic heterocycles. The van der Waals surface area contributed by atoms with Gasteiger partial charge in [-0.3, -0.25) is 0 Å². The van der Waals surface area contributed by atoms with Gasteiger partial charge in [-0.1, -0.05) is 0 Å². The Morgan fingerprint density at radius 1 is 1.10 bits per heavy atom. The standard InChI is InChI=1S/C5H3N5/c1-2-7-9-5-4(1)6-3-8-10-5/h1-3H. The lowest BCUT2D eigenvalue weighted by Crippen LogP contribution is -1.90. The van der Waals surface area contributed by atoms with E-state index < -0.39 is 0 Å². The quantitative estimate of drug-likeness (QED) is 0.498. The van der Waals surface area contributed by atoms with E-state index in [-0.39, 0.29) is 0 Å². The lowest BCUT2D eigenvalue weighted by molar-refractivity contribution is 0.957. The molecule has 2 rings (SSSR count). The van der Waals surface area contributed by atoms with Gasteiger partial charge in [-0.15, -0.1) is 15.3 Å². The highest BCUT2D eigenvalue weighted by Gasteiger charge is 1.92. The molecule has 0 saturated carbocycles. The molecule has 0 saturated heterocycles. The maximum Gasteiger partial charge on any atom is 0.221 e. The van der Waals surface area contributed by atoms with E-state index in [1.807, 2.05) is 0 Å². The highest BCUT2D eigenvalue weighted by Crippen LogP contribution is 1.97. The number of hydrogen-bond donors (Lipinski definition) is 0. The van der Waals surface area contributed by atoms with Crippen LogP contribution in [0.15, 0.2) is 18.6 Å². The molecular formula is C5H3N5. The minimum atomic E-state index is 0.477. The third kappa shape index (κ3) is 0.680. The summed E-state index contributed by atoms with van der Waals surface area (Å²) < 4.78 is 0. The number of fused-ring (bicyclic) bond motifs is 1. The summed E-state index contributed by atoms with van der Waals surface area (Å²) in [5.74, 6) is 0. The van der Waals surface area contributed by atoms with Gasteiger partial charge in [0.2, 0.25) is 5.65 Å². The zero-order valence-corrected chi connectivity index (χ0v) is 4.97. The van der Waals surface area contributed by atoms with Crippen LogP contribution in [0.3, 0.4) is 0 Å². The molecule has 48 valence electrons. The number of hydrogen-bond acceptors (Lipinski definition) is 5. The largest absolute Gasteiger partial charge is 0.231 e. The Morgan fingerprint density at radius 2 is 2.00 bits per heavy atom. The molecule has 0 spiro atoms. The Balaban J connectivity index is 2.89. The van der Waals surface area contributed by atoms with Gasteiger partial charge in [0.15, 0.2) is 0 Å². The van der Waals surface area contributed by atoms with Gasteiger partial charge < -0.3 is 0 Å². The van der Waals surface area contributed by atoms with Crippen LogP contribution in [-0.4, -0.2) is 25.4 Å². The molecule has 5 nitrogen and oxygen atoms in total.